The van der Waals surface area contributed by atoms with Crippen LogP contribution in [0, 0.1) is 17.8 Å². The minimum Gasteiger partial charge on any atom is -0.466 e. The molecule has 0 N–H and O–H groups in total. The van der Waals surface area contributed by atoms with E-state index in [-0.39, 0.29) is 23.8 Å². The number of cyclic esters (lactones) is 2. The molecule has 276 valence electrons. The van der Waals surface area contributed by atoms with Crippen molar-refractivity contribution >= 4 is 11.9 Å². The Morgan fingerprint density at radius 2 is 1.12 bits per heavy atom. The Labute approximate surface area is 297 Å². The lowest BCUT2D eigenvalue weighted by Gasteiger charge is -2.26. The van der Waals surface area contributed by atoms with Crippen LogP contribution in [-0.2, 0) is 19.1 Å². The molecular formula is C43H75NO4. The van der Waals surface area contributed by atoms with Crippen LogP contribution in [0.25, 0.3) is 0 Å². The largest absolute Gasteiger partial charge is 0.466 e. The fourth-order valence-electron chi connectivity index (χ4n) is 7.21. The maximum absolute atomic E-state index is 12.7. The van der Waals surface area contributed by atoms with Crippen LogP contribution in [0.15, 0.2) is 29.3 Å². The van der Waals surface area contributed by atoms with E-state index in [0.29, 0.717) is 26.1 Å². The van der Waals surface area contributed by atoms with Gasteiger partial charge in [0.05, 0.1) is 13.2 Å². The van der Waals surface area contributed by atoms with Crippen molar-refractivity contribution in [3.05, 3.63) is 29.3 Å². The second-order valence-corrected chi connectivity index (χ2v) is 14.7. The lowest BCUT2D eigenvalue weighted by atomic mass is 9.79. The Bertz CT molecular complexity index is 886. The molecule has 1 fully saturated rings. The highest BCUT2D eigenvalue weighted by Gasteiger charge is 2.24. The average molecular weight is 670 g/mol. The third-order valence-electron chi connectivity index (χ3n) is 10.2. The second-order valence-electron chi connectivity index (χ2n) is 14.7. The van der Waals surface area contributed by atoms with Gasteiger partial charge in [-0.1, -0.05) is 128 Å². The van der Waals surface area contributed by atoms with E-state index >= 15 is 0 Å². The lowest BCUT2D eigenvalue weighted by molar-refractivity contribution is -0.144. The number of carbonyl (C=O) groups is 2. The molecule has 0 spiro atoms. The van der Waals surface area contributed by atoms with Gasteiger partial charge in [-0.3, -0.25) is 9.59 Å². The number of allylic oxidation sites excluding steroid dienone is 1. The number of ether oxygens (including phenoxy) is 2. The quantitative estimate of drug-likeness (QED) is 0.118. The molecule has 1 aliphatic heterocycles. The van der Waals surface area contributed by atoms with E-state index in [9.17, 15) is 9.59 Å². The number of unbranched alkanes of at least 4 members (excludes halogenated alkanes) is 4. The van der Waals surface area contributed by atoms with Gasteiger partial charge in [-0.15, -0.1) is 0 Å². The van der Waals surface area contributed by atoms with Crippen LogP contribution in [0.5, 0.6) is 0 Å². The number of esters is 2. The molecule has 0 aromatic carbocycles. The zero-order valence-corrected chi connectivity index (χ0v) is 32.0. The summed E-state index contributed by atoms with van der Waals surface area (Å²) in [6.45, 7) is 10.2. The molecule has 48 heavy (non-hydrogen) atoms. The lowest BCUT2D eigenvalue weighted by Crippen LogP contribution is -2.19. The smallest absolute Gasteiger partial charge is 0.305 e. The van der Waals surface area contributed by atoms with Crippen LogP contribution >= 0.6 is 0 Å². The zero-order valence-electron chi connectivity index (χ0n) is 32.0. The van der Waals surface area contributed by atoms with E-state index in [2.05, 4.69) is 56.6 Å². The van der Waals surface area contributed by atoms with Gasteiger partial charge < -0.3 is 14.4 Å². The molecule has 0 bridgehead atoms. The Morgan fingerprint density at radius 3 is 1.58 bits per heavy atom. The van der Waals surface area contributed by atoms with Crippen molar-refractivity contribution in [2.45, 2.75) is 181 Å². The summed E-state index contributed by atoms with van der Waals surface area (Å²) in [7, 11) is 4.33. The van der Waals surface area contributed by atoms with E-state index in [4.69, 9.17) is 9.47 Å². The van der Waals surface area contributed by atoms with Crippen molar-refractivity contribution in [1.82, 2.24) is 4.90 Å². The Morgan fingerprint density at radius 1 is 0.646 bits per heavy atom. The van der Waals surface area contributed by atoms with Crippen molar-refractivity contribution in [2.24, 2.45) is 17.8 Å². The fourth-order valence-corrected chi connectivity index (χ4v) is 7.21. The second kappa shape index (κ2) is 31.0. The van der Waals surface area contributed by atoms with Gasteiger partial charge in [-0.05, 0) is 108 Å². The van der Waals surface area contributed by atoms with Crippen LogP contribution in [0.3, 0.4) is 0 Å². The molecule has 0 aromatic heterocycles. The highest BCUT2D eigenvalue weighted by Crippen LogP contribution is 2.33. The standard InChI is InChI=1S/C43H75NO4/c1-6-9-18-28-39-33-36-47-42(45)31-22-16-12-14-20-25-38(27-24-35-44(4)5)26-21-15-13-17-23-32-43(46)48-37-34-40(29-19-10-7-2)41(39)30-11-8-3/h38-40H,3,6-7,9-10,12-29,31-37H2,1-2,4-5H3. The van der Waals surface area contributed by atoms with Crippen molar-refractivity contribution in [3.63, 3.8) is 0 Å². The summed E-state index contributed by atoms with van der Waals surface area (Å²) in [4.78, 5) is 27.7. The zero-order chi connectivity index (χ0) is 35.1. The van der Waals surface area contributed by atoms with Gasteiger partial charge in [0.25, 0.3) is 0 Å². The van der Waals surface area contributed by atoms with Crippen molar-refractivity contribution in [1.29, 1.82) is 0 Å². The van der Waals surface area contributed by atoms with Crippen LogP contribution < -0.4 is 0 Å². The molecule has 1 saturated heterocycles. The van der Waals surface area contributed by atoms with Crippen molar-refractivity contribution in [3.8, 4) is 0 Å². The summed E-state index contributed by atoms with van der Waals surface area (Å²) >= 11 is 0. The first-order chi connectivity index (χ1) is 23.4. The van der Waals surface area contributed by atoms with Gasteiger partial charge in [0.2, 0.25) is 0 Å². The first kappa shape index (κ1) is 44.0. The van der Waals surface area contributed by atoms with E-state index < -0.39 is 0 Å². The van der Waals surface area contributed by atoms with Gasteiger partial charge in [0.1, 0.15) is 0 Å². The number of hydrogen-bond donors (Lipinski definition) is 0. The summed E-state index contributed by atoms with van der Waals surface area (Å²) in [6, 6.07) is 0. The van der Waals surface area contributed by atoms with Gasteiger partial charge in [0.15, 0.2) is 0 Å². The molecule has 0 aliphatic carbocycles. The van der Waals surface area contributed by atoms with Gasteiger partial charge >= 0.3 is 11.9 Å². The predicted octanol–water partition coefficient (Wildman–Crippen LogP) is 11.7. The van der Waals surface area contributed by atoms with E-state index in [1.165, 1.54) is 89.2 Å². The molecular weight excluding hydrogens is 594 g/mol. The topological polar surface area (TPSA) is 55.8 Å². The van der Waals surface area contributed by atoms with Crippen LogP contribution in [0.2, 0.25) is 0 Å². The van der Waals surface area contributed by atoms with Gasteiger partial charge in [0, 0.05) is 12.8 Å². The molecule has 0 radical (unpaired) electrons. The van der Waals surface area contributed by atoms with E-state index in [0.717, 1.165) is 83.0 Å². The molecule has 5 nitrogen and oxygen atoms in total. The molecule has 2 atom stereocenters. The first-order valence-electron chi connectivity index (χ1n) is 20.3. The number of rotatable bonds is 12. The SMILES string of the molecule is C=C=C=C=C1C(CCCCC)CCOC(=O)CCCCCCCC(CCCN(C)C)CCCCCCCC(=O)OCCC1CCCCC. The molecule has 0 aromatic rings. The molecule has 1 rings (SSSR count). The molecule has 2 unspecified atom stereocenters. The molecule has 0 amide bonds. The van der Waals surface area contributed by atoms with Crippen LogP contribution in [0.4, 0.5) is 0 Å². The maximum atomic E-state index is 12.7. The fraction of sp³-hybridized carbons (Fsp3) is 0.837. The third kappa shape index (κ3) is 24.2. The average Bonchev–Trinajstić information content (AvgIpc) is 3.06. The highest BCUT2D eigenvalue weighted by atomic mass is 16.5. The monoisotopic (exact) mass is 670 g/mol. The molecule has 5 heteroatoms. The maximum Gasteiger partial charge on any atom is 0.305 e. The molecule has 1 heterocycles. The Balaban J connectivity index is 2.96. The van der Waals surface area contributed by atoms with Gasteiger partial charge in [-0.25, -0.2) is 0 Å². The minimum atomic E-state index is -0.0665. The molecule has 0 saturated carbocycles. The first-order valence-corrected chi connectivity index (χ1v) is 20.3. The number of carbonyl (C=O) groups excluding carboxylic acids is 2. The summed E-state index contributed by atoms with van der Waals surface area (Å²) < 4.78 is 11.6. The number of hydrogen-bond acceptors (Lipinski definition) is 5. The predicted molar refractivity (Wildman–Crippen MR) is 202 cm³/mol. The molecule has 1 aliphatic rings. The number of nitrogens with zero attached hydrogens (tertiary/aromatic N) is 1. The van der Waals surface area contributed by atoms with Gasteiger partial charge in [-0.2, -0.15) is 0 Å². The summed E-state index contributed by atoms with van der Waals surface area (Å²) in [6.07, 6.45) is 28.5. The normalized spacial score (nSPS) is 22.6. The van der Waals surface area contributed by atoms with Crippen LogP contribution in [-0.4, -0.2) is 50.7 Å². The van der Waals surface area contributed by atoms with Crippen molar-refractivity contribution in [2.75, 3.05) is 33.9 Å². The Kier molecular flexibility index (Phi) is 28.4. The van der Waals surface area contributed by atoms with E-state index in [1.807, 2.05) is 0 Å². The highest BCUT2D eigenvalue weighted by molar-refractivity contribution is 5.69. The van der Waals surface area contributed by atoms with Crippen LogP contribution in [0.1, 0.15) is 181 Å². The third-order valence-corrected chi connectivity index (χ3v) is 10.2. The Hall–Kier alpha value is -2.02. The summed E-state index contributed by atoms with van der Waals surface area (Å²) in [5.41, 5.74) is 10.5. The van der Waals surface area contributed by atoms with Crippen molar-refractivity contribution < 1.29 is 19.1 Å². The minimum absolute atomic E-state index is 0.0665. The summed E-state index contributed by atoms with van der Waals surface area (Å²) in [5.74, 6) is 1.19. The summed E-state index contributed by atoms with van der Waals surface area (Å²) in [5, 5.41) is 0. The van der Waals surface area contributed by atoms with E-state index in [1.54, 1.807) is 0 Å².